The molecule has 3 aromatic rings. The molecule has 4 N–H and O–H groups in total. The van der Waals surface area contributed by atoms with Gasteiger partial charge in [-0.1, -0.05) is 54.6 Å². The second-order valence-electron chi connectivity index (χ2n) is 7.33. The van der Waals surface area contributed by atoms with Gasteiger partial charge in [0.2, 0.25) is 0 Å². The predicted molar refractivity (Wildman–Crippen MR) is 109 cm³/mol. The summed E-state index contributed by atoms with van der Waals surface area (Å²) in [5.41, 5.74) is -0.355. The van der Waals surface area contributed by atoms with E-state index in [4.69, 9.17) is 10.6 Å². The van der Waals surface area contributed by atoms with Gasteiger partial charge in [-0.05, 0) is 17.5 Å². The molecule has 2 unspecified atom stereocenters. The highest BCUT2D eigenvalue weighted by molar-refractivity contribution is 6.09. The summed E-state index contributed by atoms with van der Waals surface area (Å²) in [4.78, 5) is 37.9. The molecule has 1 saturated heterocycles. The summed E-state index contributed by atoms with van der Waals surface area (Å²) in [5.74, 6) is 5.53. The number of carbonyl (C=O) groups is 3. The summed E-state index contributed by atoms with van der Waals surface area (Å²) >= 11 is 0. The zero-order valence-electron chi connectivity index (χ0n) is 15.8. The number of hydrogen-bond donors (Lipinski definition) is 3. The molecule has 1 fully saturated rings. The lowest BCUT2D eigenvalue weighted by atomic mass is 9.81. The van der Waals surface area contributed by atoms with Crippen molar-refractivity contribution in [2.45, 2.75) is 18.1 Å². The first kappa shape index (κ1) is 18.1. The minimum atomic E-state index is -1.38. The number of carbonyl (C=O) groups excluding carboxylic acids is 3. The second kappa shape index (κ2) is 6.57. The summed E-state index contributed by atoms with van der Waals surface area (Å²) in [5, 5.41) is 7.73. The Morgan fingerprint density at radius 2 is 1.77 bits per heavy atom. The summed E-state index contributed by atoms with van der Waals surface area (Å²) in [6.07, 6.45) is -1.13. The predicted octanol–water partition coefficient (Wildman–Crippen LogP) is 1.93. The van der Waals surface area contributed by atoms with Crippen molar-refractivity contribution in [2.24, 2.45) is 5.84 Å². The van der Waals surface area contributed by atoms with E-state index in [-0.39, 0.29) is 6.42 Å². The fraction of sp³-hybridized carbons (Fsp3) is 0.136. The van der Waals surface area contributed by atoms with Crippen molar-refractivity contribution >= 4 is 34.3 Å². The van der Waals surface area contributed by atoms with Crippen LogP contribution in [0.2, 0.25) is 0 Å². The van der Waals surface area contributed by atoms with Crippen LogP contribution in [0.15, 0.2) is 66.7 Å². The molecular weight excluding hydrogens is 384 g/mol. The summed E-state index contributed by atoms with van der Waals surface area (Å²) in [6.45, 7) is 0. The number of imide groups is 1. The van der Waals surface area contributed by atoms with E-state index in [0.29, 0.717) is 17.0 Å². The number of benzene rings is 3. The van der Waals surface area contributed by atoms with Gasteiger partial charge in [0.25, 0.3) is 11.8 Å². The first-order valence-electron chi connectivity index (χ1n) is 9.46. The molecule has 3 aromatic carbocycles. The number of nitrogens with two attached hydrogens (primary N) is 1. The first-order chi connectivity index (χ1) is 14.5. The molecule has 4 amide bonds. The van der Waals surface area contributed by atoms with Crippen LogP contribution < -0.4 is 26.2 Å². The first-order valence-corrected chi connectivity index (χ1v) is 9.46. The second-order valence-corrected chi connectivity index (χ2v) is 7.33. The van der Waals surface area contributed by atoms with Crippen LogP contribution in [0, 0.1) is 0 Å². The van der Waals surface area contributed by atoms with Crippen molar-refractivity contribution in [2.75, 3.05) is 5.01 Å². The van der Waals surface area contributed by atoms with Crippen LogP contribution in [-0.4, -0.2) is 23.9 Å². The number of fused-ring (bicyclic) bond motifs is 3. The molecular formula is C22H18N4O4. The molecule has 0 radical (unpaired) electrons. The molecule has 2 heterocycles. The number of nitrogens with one attached hydrogen (secondary N) is 2. The van der Waals surface area contributed by atoms with Gasteiger partial charge in [-0.25, -0.2) is 15.6 Å². The molecule has 1 spiro atoms. The lowest BCUT2D eigenvalue weighted by Crippen LogP contribution is -2.56. The van der Waals surface area contributed by atoms with Crippen molar-refractivity contribution < 1.29 is 19.1 Å². The van der Waals surface area contributed by atoms with Crippen LogP contribution in [0.4, 0.5) is 10.5 Å². The fourth-order valence-electron chi connectivity index (χ4n) is 4.16. The van der Waals surface area contributed by atoms with Gasteiger partial charge in [0.05, 0.1) is 5.69 Å². The number of para-hydroxylation sites is 1. The van der Waals surface area contributed by atoms with E-state index < -0.39 is 29.5 Å². The third-order valence-corrected chi connectivity index (χ3v) is 5.59. The third-order valence-electron chi connectivity index (χ3n) is 5.59. The standard InChI is InChI=1S/C22H18N4O4/c23-26(16-10-5-7-13-6-1-2-8-14(13)16)19(27)18-12-22(20(28)24-21(29)25-22)15-9-3-4-11-17(15)30-18/h1-11,18H,12,23H2,(H2,24,25,28,29). The summed E-state index contributed by atoms with van der Waals surface area (Å²) in [7, 11) is 0. The van der Waals surface area contributed by atoms with E-state index in [2.05, 4.69) is 10.6 Å². The summed E-state index contributed by atoms with van der Waals surface area (Å²) in [6, 6.07) is 19.3. The average Bonchev–Trinajstić information content (AvgIpc) is 3.05. The molecule has 2 atom stereocenters. The molecule has 8 heteroatoms. The topological polar surface area (TPSA) is 114 Å². The highest BCUT2D eigenvalue weighted by Crippen LogP contribution is 2.41. The number of hydrazine groups is 1. The Balaban J connectivity index is 1.54. The molecule has 0 aliphatic carbocycles. The Kier molecular flexibility index (Phi) is 3.97. The largest absolute Gasteiger partial charge is 0.480 e. The van der Waals surface area contributed by atoms with Crippen LogP contribution in [0.25, 0.3) is 10.8 Å². The van der Waals surface area contributed by atoms with Gasteiger partial charge in [0.15, 0.2) is 11.6 Å². The van der Waals surface area contributed by atoms with Gasteiger partial charge in [0, 0.05) is 17.4 Å². The van der Waals surface area contributed by atoms with E-state index in [9.17, 15) is 14.4 Å². The van der Waals surface area contributed by atoms with Crippen LogP contribution in [0.3, 0.4) is 0 Å². The highest BCUT2D eigenvalue weighted by atomic mass is 16.5. The number of urea groups is 1. The van der Waals surface area contributed by atoms with Gasteiger partial charge in [-0.2, -0.15) is 0 Å². The monoisotopic (exact) mass is 402 g/mol. The normalized spacial score (nSPS) is 22.2. The van der Waals surface area contributed by atoms with Gasteiger partial charge in [-0.3, -0.25) is 14.9 Å². The van der Waals surface area contributed by atoms with E-state index >= 15 is 0 Å². The molecule has 0 saturated carbocycles. The molecule has 30 heavy (non-hydrogen) atoms. The SMILES string of the molecule is NN(C(=O)C1CC2(NC(=O)NC2=O)c2ccccc2O1)c1cccc2ccccc12. The van der Waals surface area contributed by atoms with Crippen molar-refractivity contribution in [3.05, 3.63) is 72.3 Å². The Hall–Kier alpha value is -3.91. The minimum Gasteiger partial charge on any atom is -0.480 e. The lowest BCUT2D eigenvalue weighted by Gasteiger charge is -2.37. The zero-order valence-corrected chi connectivity index (χ0v) is 15.8. The van der Waals surface area contributed by atoms with Crippen LogP contribution in [-0.2, 0) is 15.1 Å². The molecule has 8 nitrogen and oxygen atoms in total. The van der Waals surface area contributed by atoms with E-state index in [0.717, 1.165) is 15.8 Å². The Bertz CT molecular complexity index is 1210. The Labute approximate surface area is 171 Å². The van der Waals surface area contributed by atoms with E-state index in [1.165, 1.54) is 0 Å². The van der Waals surface area contributed by atoms with Gasteiger partial charge in [0.1, 0.15) is 5.75 Å². The maximum absolute atomic E-state index is 13.3. The molecule has 5 rings (SSSR count). The zero-order chi connectivity index (χ0) is 20.9. The van der Waals surface area contributed by atoms with Gasteiger partial charge in [-0.15, -0.1) is 0 Å². The number of amides is 4. The van der Waals surface area contributed by atoms with Crippen molar-refractivity contribution in [1.29, 1.82) is 0 Å². The molecule has 0 aromatic heterocycles. The van der Waals surface area contributed by atoms with Crippen LogP contribution in [0.5, 0.6) is 5.75 Å². The summed E-state index contributed by atoms with van der Waals surface area (Å²) < 4.78 is 5.92. The minimum absolute atomic E-state index is 0.0705. The van der Waals surface area contributed by atoms with Crippen molar-refractivity contribution in [1.82, 2.24) is 10.6 Å². The number of anilines is 1. The maximum atomic E-state index is 13.3. The number of ether oxygens (including phenoxy) is 1. The number of hydrogen-bond acceptors (Lipinski definition) is 5. The van der Waals surface area contributed by atoms with E-state index in [1.807, 2.05) is 36.4 Å². The van der Waals surface area contributed by atoms with Gasteiger partial charge >= 0.3 is 6.03 Å². The number of rotatable bonds is 2. The Morgan fingerprint density at radius 3 is 2.57 bits per heavy atom. The molecule has 2 aliphatic heterocycles. The van der Waals surface area contributed by atoms with Crippen molar-refractivity contribution in [3.63, 3.8) is 0 Å². The average molecular weight is 402 g/mol. The smallest absolute Gasteiger partial charge is 0.322 e. The molecule has 2 aliphatic rings. The van der Waals surface area contributed by atoms with Crippen LogP contribution in [0.1, 0.15) is 12.0 Å². The highest BCUT2D eigenvalue weighted by Gasteiger charge is 2.54. The maximum Gasteiger partial charge on any atom is 0.322 e. The number of nitrogens with zero attached hydrogens (tertiary/aromatic N) is 1. The Morgan fingerprint density at radius 1 is 1.03 bits per heavy atom. The molecule has 150 valence electrons. The lowest BCUT2D eigenvalue weighted by molar-refractivity contribution is -0.131. The van der Waals surface area contributed by atoms with Crippen LogP contribution >= 0.6 is 0 Å². The van der Waals surface area contributed by atoms with E-state index in [1.54, 1.807) is 30.3 Å². The van der Waals surface area contributed by atoms with Gasteiger partial charge < -0.3 is 10.1 Å². The molecule has 0 bridgehead atoms. The van der Waals surface area contributed by atoms with Crippen molar-refractivity contribution in [3.8, 4) is 5.75 Å². The quantitative estimate of drug-likeness (QED) is 0.262. The fourth-order valence-corrected chi connectivity index (χ4v) is 4.16. The third kappa shape index (κ3) is 2.61.